The van der Waals surface area contributed by atoms with Crippen molar-refractivity contribution in [3.63, 3.8) is 0 Å². The summed E-state index contributed by atoms with van der Waals surface area (Å²) in [6, 6.07) is 6.74. The number of halogens is 2. The van der Waals surface area contributed by atoms with Gasteiger partial charge >= 0.3 is 12.6 Å². The molecule has 1 heterocycles. The van der Waals surface area contributed by atoms with Crippen LogP contribution in [0.4, 0.5) is 8.78 Å². The van der Waals surface area contributed by atoms with Gasteiger partial charge < -0.3 is 15.6 Å². The summed E-state index contributed by atoms with van der Waals surface area (Å²) in [7, 11) is 0. The van der Waals surface area contributed by atoms with E-state index in [1.807, 2.05) is 0 Å². The van der Waals surface area contributed by atoms with E-state index in [2.05, 4.69) is 9.72 Å². The predicted molar refractivity (Wildman–Crippen MR) is 75.6 cm³/mol. The van der Waals surface area contributed by atoms with Crippen molar-refractivity contribution < 1.29 is 23.4 Å². The number of aromatic nitrogens is 1. The Balaban J connectivity index is 2.26. The lowest BCUT2D eigenvalue weighted by atomic mass is 9.97. The zero-order valence-electron chi connectivity index (χ0n) is 11.4. The van der Waals surface area contributed by atoms with Crippen molar-refractivity contribution in [1.82, 2.24) is 4.98 Å². The summed E-state index contributed by atoms with van der Waals surface area (Å²) in [5, 5.41) is 8.89. The molecule has 5 nitrogen and oxygen atoms in total. The standard InChI is InChI=1S/C15H14F2N2O3/c16-15(17)22-11-3-1-9(2-4-11)12-5-6-19-8-10(12)7-13(18)14(20)21/h1-6,8,13,15H,7,18H2,(H,20,21). The normalized spacial score (nSPS) is 12.2. The molecule has 0 saturated carbocycles. The van der Waals surface area contributed by atoms with Crippen LogP contribution in [0.3, 0.4) is 0 Å². The van der Waals surface area contributed by atoms with Crippen LogP contribution in [0.5, 0.6) is 5.75 Å². The van der Waals surface area contributed by atoms with Gasteiger partial charge in [-0.05, 0) is 34.9 Å². The van der Waals surface area contributed by atoms with Crippen LogP contribution in [0.1, 0.15) is 5.56 Å². The first-order valence-electron chi connectivity index (χ1n) is 6.44. The zero-order valence-corrected chi connectivity index (χ0v) is 11.4. The predicted octanol–water partition coefficient (Wildman–Crippen LogP) is 2.30. The third-order valence-corrected chi connectivity index (χ3v) is 3.05. The van der Waals surface area contributed by atoms with Crippen molar-refractivity contribution in [2.24, 2.45) is 5.73 Å². The van der Waals surface area contributed by atoms with Crippen molar-refractivity contribution in [1.29, 1.82) is 0 Å². The van der Waals surface area contributed by atoms with E-state index in [0.29, 0.717) is 5.56 Å². The molecule has 0 amide bonds. The number of hydrogen-bond donors (Lipinski definition) is 2. The maximum Gasteiger partial charge on any atom is 0.387 e. The highest BCUT2D eigenvalue weighted by Gasteiger charge is 2.15. The van der Waals surface area contributed by atoms with Gasteiger partial charge in [0.1, 0.15) is 11.8 Å². The van der Waals surface area contributed by atoms with E-state index < -0.39 is 18.6 Å². The zero-order chi connectivity index (χ0) is 16.1. The fourth-order valence-electron chi connectivity index (χ4n) is 2.01. The van der Waals surface area contributed by atoms with Crippen LogP contribution in [-0.2, 0) is 11.2 Å². The monoisotopic (exact) mass is 308 g/mol. The Kier molecular flexibility index (Phi) is 5.00. The number of pyridine rings is 1. The molecule has 0 aliphatic rings. The second kappa shape index (κ2) is 6.95. The largest absolute Gasteiger partial charge is 0.480 e. The lowest BCUT2D eigenvalue weighted by Crippen LogP contribution is -2.32. The van der Waals surface area contributed by atoms with E-state index in [1.165, 1.54) is 12.1 Å². The van der Waals surface area contributed by atoms with Crippen LogP contribution in [0.15, 0.2) is 42.7 Å². The number of rotatable bonds is 6. The molecule has 1 aromatic carbocycles. The maximum atomic E-state index is 12.1. The molecule has 2 aromatic rings. The number of carboxylic acids is 1. The van der Waals surface area contributed by atoms with Gasteiger partial charge in [0.2, 0.25) is 0 Å². The molecule has 22 heavy (non-hydrogen) atoms. The first-order chi connectivity index (χ1) is 10.5. The third kappa shape index (κ3) is 3.98. The Morgan fingerprint density at radius 2 is 1.95 bits per heavy atom. The van der Waals surface area contributed by atoms with Gasteiger partial charge in [-0.1, -0.05) is 12.1 Å². The number of nitrogens with two attached hydrogens (primary N) is 1. The Bertz CT molecular complexity index is 647. The van der Waals surface area contributed by atoms with Crippen LogP contribution in [-0.4, -0.2) is 28.7 Å². The molecule has 7 heteroatoms. The van der Waals surface area contributed by atoms with Gasteiger partial charge in [-0.15, -0.1) is 0 Å². The molecule has 0 fully saturated rings. The number of carboxylic acid groups (broad SMARTS) is 1. The third-order valence-electron chi connectivity index (χ3n) is 3.05. The summed E-state index contributed by atoms with van der Waals surface area (Å²) in [6.07, 6.45) is 3.23. The molecule has 1 aromatic heterocycles. The van der Waals surface area contributed by atoms with Gasteiger partial charge in [-0.3, -0.25) is 9.78 Å². The lowest BCUT2D eigenvalue weighted by Gasteiger charge is -2.12. The molecule has 3 N–H and O–H groups in total. The van der Waals surface area contributed by atoms with Crippen molar-refractivity contribution in [3.8, 4) is 16.9 Å². The number of alkyl halides is 2. The van der Waals surface area contributed by atoms with Crippen LogP contribution < -0.4 is 10.5 Å². The van der Waals surface area contributed by atoms with E-state index in [1.54, 1.807) is 30.6 Å². The van der Waals surface area contributed by atoms with Gasteiger partial charge in [0.15, 0.2) is 0 Å². The van der Waals surface area contributed by atoms with Crippen LogP contribution in [0.25, 0.3) is 11.1 Å². The molecule has 2 rings (SSSR count). The van der Waals surface area contributed by atoms with Crippen molar-refractivity contribution in [2.75, 3.05) is 0 Å². The molecule has 0 aliphatic heterocycles. The van der Waals surface area contributed by atoms with Crippen molar-refractivity contribution in [3.05, 3.63) is 48.3 Å². The number of benzene rings is 1. The highest BCUT2D eigenvalue weighted by Crippen LogP contribution is 2.26. The first kappa shape index (κ1) is 15.8. The number of carbonyl (C=O) groups is 1. The van der Waals surface area contributed by atoms with Gasteiger partial charge in [-0.2, -0.15) is 8.78 Å². The summed E-state index contributed by atoms with van der Waals surface area (Å²) < 4.78 is 28.5. The second-order valence-electron chi connectivity index (χ2n) is 4.58. The Hall–Kier alpha value is -2.54. The van der Waals surface area contributed by atoms with Crippen LogP contribution in [0, 0.1) is 0 Å². The average Bonchev–Trinajstić information content (AvgIpc) is 2.48. The van der Waals surface area contributed by atoms with Crippen LogP contribution >= 0.6 is 0 Å². The van der Waals surface area contributed by atoms with Gasteiger partial charge in [0, 0.05) is 18.8 Å². The molecule has 1 atom stereocenters. The van der Waals surface area contributed by atoms with Gasteiger partial charge in [-0.25, -0.2) is 0 Å². The van der Waals surface area contributed by atoms with Gasteiger partial charge in [0.25, 0.3) is 0 Å². The number of hydrogen-bond acceptors (Lipinski definition) is 4. The smallest absolute Gasteiger partial charge is 0.387 e. The molecule has 0 saturated heterocycles. The first-order valence-corrected chi connectivity index (χ1v) is 6.44. The Morgan fingerprint density at radius 3 is 2.55 bits per heavy atom. The maximum absolute atomic E-state index is 12.1. The van der Waals surface area contributed by atoms with Crippen molar-refractivity contribution in [2.45, 2.75) is 19.1 Å². The summed E-state index contributed by atoms with van der Waals surface area (Å²) in [6.45, 7) is -2.88. The summed E-state index contributed by atoms with van der Waals surface area (Å²) in [5.74, 6) is -1.05. The van der Waals surface area contributed by atoms with E-state index in [-0.39, 0.29) is 12.2 Å². The molecule has 0 spiro atoms. The Morgan fingerprint density at radius 1 is 1.27 bits per heavy atom. The lowest BCUT2D eigenvalue weighted by molar-refractivity contribution is -0.138. The molecule has 116 valence electrons. The number of nitrogens with zero attached hydrogens (tertiary/aromatic N) is 1. The molecular formula is C15H14F2N2O3. The quantitative estimate of drug-likeness (QED) is 0.855. The molecule has 1 unspecified atom stereocenters. The number of ether oxygens (including phenoxy) is 1. The van der Waals surface area contributed by atoms with E-state index >= 15 is 0 Å². The van der Waals surface area contributed by atoms with E-state index in [4.69, 9.17) is 10.8 Å². The molecular weight excluding hydrogens is 294 g/mol. The summed E-state index contributed by atoms with van der Waals surface area (Å²) in [5.41, 5.74) is 7.69. The average molecular weight is 308 g/mol. The minimum atomic E-state index is -2.88. The number of aliphatic carboxylic acids is 1. The summed E-state index contributed by atoms with van der Waals surface area (Å²) >= 11 is 0. The van der Waals surface area contributed by atoms with Crippen LogP contribution in [0.2, 0.25) is 0 Å². The fourth-order valence-corrected chi connectivity index (χ4v) is 2.01. The fraction of sp³-hybridized carbons (Fsp3) is 0.200. The second-order valence-corrected chi connectivity index (χ2v) is 4.58. The minimum absolute atomic E-state index is 0.0524. The van der Waals surface area contributed by atoms with E-state index in [9.17, 15) is 13.6 Å². The Labute approximate surface area is 125 Å². The topological polar surface area (TPSA) is 85.4 Å². The van der Waals surface area contributed by atoms with Gasteiger partial charge in [0.05, 0.1) is 0 Å². The molecule has 0 aliphatic carbocycles. The van der Waals surface area contributed by atoms with Crippen molar-refractivity contribution >= 4 is 5.97 Å². The molecule has 0 bridgehead atoms. The minimum Gasteiger partial charge on any atom is -0.480 e. The highest BCUT2D eigenvalue weighted by molar-refractivity contribution is 5.75. The highest BCUT2D eigenvalue weighted by atomic mass is 19.3. The molecule has 0 radical (unpaired) electrons. The summed E-state index contributed by atoms with van der Waals surface area (Å²) in [4.78, 5) is 14.8. The SMILES string of the molecule is NC(Cc1cnccc1-c1ccc(OC(F)F)cc1)C(=O)O. The van der Waals surface area contributed by atoms with E-state index in [0.717, 1.165) is 11.1 Å².